The first kappa shape index (κ1) is 27.1. The minimum Gasteiger partial charge on any atom is -0.561 e. The van der Waals surface area contributed by atoms with Crippen molar-refractivity contribution in [2.75, 3.05) is 18.1 Å². The summed E-state index contributed by atoms with van der Waals surface area (Å²) in [5.41, 5.74) is 3.50. The number of carbonyl (C=O) groups excluding carboxylic acids is 2. The Kier molecular flexibility index (Phi) is 7.64. The molecule has 197 valence electrons. The third-order valence-corrected chi connectivity index (χ3v) is 11.9. The number of benzene rings is 2. The van der Waals surface area contributed by atoms with Crippen molar-refractivity contribution in [2.24, 2.45) is 0 Å². The summed E-state index contributed by atoms with van der Waals surface area (Å²) in [5, 5.41) is 5.14. The third-order valence-electron chi connectivity index (χ3n) is 7.17. The molecule has 1 aliphatic rings. The topological polar surface area (TPSA) is 73.7 Å². The maximum atomic E-state index is 13.9. The summed E-state index contributed by atoms with van der Waals surface area (Å²) >= 11 is 6.23. The van der Waals surface area contributed by atoms with Crippen molar-refractivity contribution in [3.63, 3.8) is 0 Å². The summed E-state index contributed by atoms with van der Waals surface area (Å²) in [6.45, 7) is 14.0. The summed E-state index contributed by atoms with van der Waals surface area (Å²) in [7, 11) is -1.92. The fourth-order valence-corrected chi connectivity index (χ4v) is 5.20. The molecule has 0 atom stereocenters. The Morgan fingerprint density at radius 3 is 2.49 bits per heavy atom. The quantitative estimate of drug-likeness (QED) is 0.255. The molecule has 37 heavy (non-hydrogen) atoms. The molecule has 3 aromatic rings. The highest BCUT2D eigenvalue weighted by atomic mass is 35.5. The second-order valence-electron chi connectivity index (χ2n) is 10.7. The Morgan fingerprint density at radius 2 is 1.81 bits per heavy atom. The van der Waals surface area contributed by atoms with Crippen molar-refractivity contribution in [2.45, 2.75) is 58.9 Å². The van der Waals surface area contributed by atoms with E-state index in [1.165, 1.54) is 4.68 Å². The van der Waals surface area contributed by atoms with E-state index >= 15 is 0 Å². The summed E-state index contributed by atoms with van der Waals surface area (Å²) in [6, 6.07) is 14.9. The van der Waals surface area contributed by atoms with Gasteiger partial charge in [0.15, 0.2) is 5.69 Å². The van der Waals surface area contributed by atoms with Crippen molar-refractivity contribution in [3.05, 3.63) is 76.1 Å². The van der Waals surface area contributed by atoms with Crippen LogP contribution in [0.2, 0.25) is 23.2 Å². The van der Waals surface area contributed by atoms with Crippen LogP contribution in [0.4, 0.5) is 5.69 Å². The molecule has 0 radical (unpaired) electrons. The molecule has 0 bridgehead atoms. The van der Waals surface area contributed by atoms with E-state index in [4.69, 9.17) is 20.8 Å². The number of ether oxygens (including phenoxy) is 1. The van der Waals surface area contributed by atoms with Crippen LogP contribution in [0.1, 0.15) is 59.8 Å². The van der Waals surface area contributed by atoms with Gasteiger partial charge in [0.1, 0.15) is 5.69 Å². The molecule has 4 rings (SSSR count). The number of halogens is 1. The van der Waals surface area contributed by atoms with Crippen LogP contribution in [0.15, 0.2) is 48.5 Å². The minimum atomic E-state index is -1.92. The second-order valence-corrected chi connectivity index (χ2v) is 16.0. The average Bonchev–Trinajstić information content (AvgIpc) is 3.23. The molecule has 9 heteroatoms. The summed E-state index contributed by atoms with van der Waals surface area (Å²) < 4.78 is 13.1. The van der Waals surface area contributed by atoms with E-state index in [9.17, 15) is 9.59 Å². The highest BCUT2D eigenvalue weighted by molar-refractivity contribution is 6.74. The predicted octanol–water partition coefficient (Wildman–Crippen LogP) is 6.43. The molecule has 2 aromatic carbocycles. The molecule has 1 aliphatic heterocycles. The van der Waals surface area contributed by atoms with E-state index in [-0.39, 0.29) is 23.2 Å². The Balaban J connectivity index is 1.69. The smallest absolute Gasteiger partial charge is 0.359 e. The Bertz CT molecular complexity index is 1330. The van der Waals surface area contributed by atoms with Gasteiger partial charge in [-0.15, -0.1) is 18.1 Å². The first-order chi connectivity index (χ1) is 17.4. The van der Waals surface area contributed by atoms with Gasteiger partial charge in [-0.3, -0.25) is 4.79 Å². The maximum Gasteiger partial charge on any atom is 0.359 e. The van der Waals surface area contributed by atoms with Gasteiger partial charge >= 0.3 is 5.97 Å². The lowest BCUT2D eigenvalue weighted by Crippen LogP contribution is -2.40. The summed E-state index contributed by atoms with van der Waals surface area (Å²) in [5.74, 6) is -0.766. The number of fused-ring (bicyclic) bond motifs is 1. The van der Waals surface area contributed by atoms with Gasteiger partial charge in [-0.25, -0.2) is 9.48 Å². The van der Waals surface area contributed by atoms with Crippen LogP contribution < -0.4 is 4.90 Å². The van der Waals surface area contributed by atoms with E-state index in [1.807, 2.05) is 24.3 Å². The van der Waals surface area contributed by atoms with Crippen molar-refractivity contribution in [3.8, 4) is 5.69 Å². The number of nitrogens with zero attached hydrogens (tertiary/aromatic N) is 3. The monoisotopic (exact) mass is 539 g/mol. The second kappa shape index (κ2) is 10.4. The predicted molar refractivity (Wildman–Crippen MR) is 148 cm³/mol. The van der Waals surface area contributed by atoms with Crippen LogP contribution in [-0.4, -0.2) is 43.1 Å². The number of esters is 1. The van der Waals surface area contributed by atoms with E-state index in [0.29, 0.717) is 41.5 Å². The number of anilines is 1. The largest absolute Gasteiger partial charge is 0.561 e. The molecule has 0 saturated heterocycles. The molecule has 0 spiro atoms. The molecule has 0 saturated carbocycles. The Hall–Kier alpha value is -2.94. The Morgan fingerprint density at radius 1 is 1.11 bits per heavy atom. The molecular formula is C28H34ClN3O4Si-. The van der Waals surface area contributed by atoms with Gasteiger partial charge in [-0.1, -0.05) is 50.6 Å². The number of carbonyl (C=O) groups is 2. The SMILES string of the molecule is CCOC(=O)c1nn(-c2cccc(Cl)c2)c2c1CCN(c1cccc(CO[Si-](C)(C)C(C)(C)C)c1)C2=O. The molecule has 0 N–H and O–H groups in total. The lowest BCUT2D eigenvalue weighted by Gasteiger charge is -2.48. The normalized spacial score (nSPS) is 14.0. The van der Waals surface area contributed by atoms with Crippen molar-refractivity contribution < 1.29 is 18.8 Å². The van der Waals surface area contributed by atoms with Gasteiger partial charge < -0.3 is 14.1 Å². The van der Waals surface area contributed by atoms with Gasteiger partial charge in [0, 0.05) is 29.4 Å². The highest BCUT2D eigenvalue weighted by Crippen LogP contribution is 2.37. The molecule has 1 amide bonds. The molecule has 0 fully saturated rings. The zero-order valence-corrected chi connectivity index (χ0v) is 24.1. The minimum absolute atomic E-state index is 0.110. The molecule has 7 nitrogen and oxygen atoms in total. The fourth-order valence-electron chi connectivity index (χ4n) is 4.06. The Labute approximate surface area is 224 Å². The van der Waals surface area contributed by atoms with Gasteiger partial charge in [-0.2, -0.15) is 5.10 Å². The highest BCUT2D eigenvalue weighted by Gasteiger charge is 2.35. The van der Waals surface area contributed by atoms with Crippen LogP contribution >= 0.6 is 11.6 Å². The van der Waals surface area contributed by atoms with Crippen molar-refractivity contribution >= 4 is 37.5 Å². The number of hydrogen-bond acceptors (Lipinski definition) is 5. The third kappa shape index (κ3) is 5.51. The van der Waals surface area contributed by atoms with Gasteiger partial charge in [0.2, 0.25) is 0 Å². The van der Waals surface area contributed by atoms with E-state index < -0.39 is 14.3 Å². The van der Waals surface area contributed by atoms with E-state index in [2.05, 4.69) is 39.0 Å². The first-order valence-corrected chi connectivity index (χ1v) is 15.8. The van der Waals surface area contributed by atoms with Crippen LogP contribution in [0.5, 0.6) is 0 Å². The molecule has 0 aliphatic carbocycles. The lowest BCUT2D eigenvalue weighted by atomic mass is 10.0. The maximum absolute atomic E-state index is 13.9. The van der Waals surface area contributed by atoms with Gasteiger partial charge in [0.25, 0.3) is 5.91 Å². The molecular weight excluding hydrogens is 506 g/mol. The van der Waals surface area contributed by atoms with Gasteiger partial charge in [-0.05, 0) is 57.6 Å². The zero-order chi connectivity index (χ0) is 27.0. The number of aromatic nitrogens is 2. The standard InChI is InChI=1S/C28H34ClN3O4Si/c1-7-35-27(34)24-23-14-15-31(26(33)25(23)32(30-24)22-13-9-11-20(29)17-22)21-12-8-10-19(16-21)18-36-37(5,6)28(2,3)4/h8-13,16-17H,7,14-15,18H2,1-6H3/q-1. The summed E-state index contributed by atoms with van der Waals surface area (Å²) in [4.78, 5) is 28.3. The number of hydrogen-bond donors (Lipinski definition) is 0. The van der Waals surface area contributed by atoms with Crippen molar-refractivity contribution in [1.82, 2.24) is 9.78 Å². The van der Waals surface area contributed by atoms with E-state index in [1.54, 1.807) is 36.1 Å². The number of rotatable bonds is 7. The molecule has 0 unspecified atom stereocenters. The number of amides is 1. The average molecular weight is 540 g/mol. The zero-order valence-electron chi connectivity index (χ0n) is 22.3. The van der Waals surface area contributed by atoms with Gasteiger partial charge in [0.05, 0.1) is 12.3 Å². The van der Waals surface area contributed by atoms with Crippen LogP contribution in [0, 0.1) is 0 Å². The first-order valence-electron chi connectivity index (χ1n) is 12.5. The molecule has 1 aromatic heterocycles. The van der Waals surface area contributed by atoms with Crippen LogP contribution in [0.3, 0.4) is 0 Å². The van der Waals surface area contributed by atoms with Crippen LogP contribution in [-0.2, 0) is 22.2 Å². The lowest BCUT2D eigenvalue weighted by molar-refractivity contribution is 0.0517. The summed E-state index contributed by atoms with van der Waals surface area (Å²) in [6.07, 6.45) is 0.473. The van der Waals surface area contributed by atoms with Crippen molar-refractivity contribution in [1.29, 1.82) is 0 Å². The molecule has 2 heterocycles. The van der Waals surface area contributed by atoms with E-state index in [0.717, 1.165) is 11.3 Å². The van der Waals surface area contributed by atoms with Crippen LogP contribution in [0.25, 0.3) is 5.69 Å². The fraction of sp³-hybridized carbons (Fsp3) is 0.393.